The molecule has 1 aromatic heterocycles. The van der Waals surface area contributed by atoms with Gasteiger partial charge in [0, 0.05) is 29.1 Å². The monoisotopic (exact) mass is 325 g/mol. The number of rotatable bonds is 3. The highest BCUT2D eigenvalue weighted by Gasteiger charge is 2.18. The summed E-state index contributed by atoms with van der Waals surface area (Å²) in [4.78, 5) is 11.9. The summed E-state index contributed by atoms with van der Waals surface area (Å²) in [7, 11) is 2.09. The van der Waals surface area contributed by atoms with E-state index in [1.54, 1.807) is 6.92 Å². The molecule has 0 amide bonds. The fraction of sp³-hybridized carbons (Fsp3) is 0.0870. The van der Waals surface area contributed by atoms with Gasteiger partial charge in [0.25, 0.3) is 0 Å². The Balaban J connectivity index is 2.13. The molecule has 122 valence electrons. The maximum Gasteiger partial charge on any atom is 0.159 e. The first-order chi connectivity index (χ1) is 12.2. The van der Waals surface area contributed by atoms with Crippen molar-refractivity contribution in [3.8, 4) is 22.4 Å². The van der Waals surface area contributed by atoms with Gasteiger partial charge >= 0.3 is 0 Å². The Labute approximate surface area is 147 Å². The van der Waals surface area contributed by atoms with E-state index in [-0.39, 0.29) is 5.78 Å². The normalized spacial score (nSPS) is 11.0. The van der Waals surface area contributed by atoms with Gasteiger partial charge in [-0.1, -0.05) is 60.7 Å². The van der Waals surface area contributed by atoms with Crippen LogP contribution in [0.2, 0.25) is 0 Å². The summed E-state index contributed by atoms with van der Waals surface area (Å²) in [6.07, 6.45) is 0. The number of ketones is 1. The van der Waals surface area contributed by atoms with E-state index in [4.69, 9.17) is 0 Å². The van der Waals surface area contributed by atoms with Crippen LogP contribution in [0.3, 0.4) is 0 Å². The second kappa shape index (κ2) is 6.06. The predicted octanol–water partition coefficient (Wildman–Crippen LogP) is 5.71. The quantitative estimate of drug-likeness (QED) is 0.442. The van der Waals surface area contributed by atoms with Crippen LogP contribution in [0.25, 0.3) is 33.3 Å². The van der Waals surface area contributed by atoms with E-state index < -0.39 is 0 Å². The summed E-state index contributed by atoms with van der Waals surface area (Å²) in [5.74, 6) is 0.0889. The fourth-order valence-electron chi connectivity index (χ4n) is 3.49. The summed E-state index contributed by atoms with van der Waals surface area (Å²) in [5.41, 5.74) is 6.55. The molecule has 0 saturated carbocycles. The Bertz CT molecular complexity index is 1060. The zero-order chi connectivity index (χ0) is 17.4. The number of aryl methyl sites for hydroxylation is 1. The summed E-state index contributed by atoms with van der Waals surface area (Å²) in [6.45, 7) is 1.62. The molecular formula is C23H19NO. The van der Waals surface area contributed by atoms with Crippen LogP contribution in [0, 0.1) is 0 Å². The molecule has 0 aliphatic heterocycles. The Kier molecular flexibility index (Phi) is 3.73. The maximum atomic E-state index is 11.9. The largest absolute Gasteiger partial charge is 0.343 e. The molecule has 0 aliphatic carbocycles. The number of hydrogen-bond acceptors (Lipinski definition) is 1. The third kappa shape index (κ3) is 2.56. The van der Waals surface area contributed by atoms with Crippen LogP contribution >= 0.6 is 0 Å². The first-order valence-electron chi connectivity index (χ1n) is 8.41. The number of nitrogens with zero attached hydrogens (tertiary/aromatic N) is 1. The van der Waals surface area contributed by atoms with E-state index in [2.05, 4.69) is 60.1 Å². The lowest BCUT2D eigenvalue weighted by Gasteiger charge is -2.08. The van der Waals surface area contributed by atoms with Gasteiger partial charge in [-0.15, -0.1) is 0 Å². The first-order valence-corrected chi connectivity index (χ1v) is 8.41. The fourth-order valence-corrected chi connectivity index (χ4v) is 3.49. The lowest BCUT2D eigenvalue weighted by Crippen LogP contribution is -1.93. The molecule has 2 nitrogen and oxygen atoms in total. The van der Waals surface area contributed by atoms with E-state index in [0.29, 0.717) is 0 Å². The number of benzene rings is 3. The molecule has 0 unspecified atom stereocenters. The molecular weight excluding hydrogens is 306 g/mol. The molecule has 0 radical (unpaired) electrons. The maximum absolute atomic E-state index is 11.9. The predicted molar refractivity (Wildman–Crippen MR) is 104 cm³/mol. The van der Waals surface area contributed by atoms with Gasteiger partial charge in [0.1, 0.15) is 0 Å². The lowest BCUT2D eigenvalue weighted by molar-refractivity contribution is 0.101. The lowest BCUT2D eigenvalue weighted by atomic mass is 9.97. The van der Waals surface area contributed by atoms with Gasteiger partial charge in [0.05, 0.1) is 5.69 Å². The van der Waals surface area contributed by atoms with Crippen molar-refractivity contribution >= 4 is 16.7 Å². The van der Waals surface area contributed by atoms with Crippen LogP contribution < -0.4 is 0 Å². The topological polar surface area (TPSA) is 22.0 Å². The number of fused-ring (bicyclic) bond motifs is 1. The van der Waals surface area contributed by atoms with Crippen LogP contribution in [-0.4, -0.2) is 10.4 Å². The zero-order valence-corrected chi connectivity index (χ0v) is 14.4. The number of aromatic nitrogens is 1. The molecule has 25 heavy (non-hydrogen) atoms. The van der Waals surface area contributed by atoms with Gasteiger partial charge in [-0.2, -0.15) is 0 Å². The number of carbonyl (C=O) groups is 1. The Morgan fingerprint density at radius 2 is 1.40 bits per heavy atom. The Morgan fingerprint density at radius 1 is 0.800 bits per heavy atom. The first kappa shape index (κ1) is 15.4. The average molecular weight is 325 g/mol. The van der Waals surface area contributed by atoms with Gasteiger partial charge in [-0.25, -0.2) is 0 Å². The highest BCUT2D eigenvalue weighted by molar-refractivity contribution is 6.07. The van der Waals surface area contributed by atoms with Crippen molar-refractivity contribution in [1.82, 2.24) is 4.57 Å². The van der Waals surface area contributed by atoms with Crippen molar-refractivity contribution in [3.63, 3.8) is 0 Å². The minimum Gasteiger partial charge on any atom is -0.343 e. The van der Waals surface area contributed by atoms with Gasteiger partial charge < -0.3 is 4.57 Å². The van der Waals surface area contributed by atoms with Crippen LogP contribution in [0.5, 0.6) is 0 Å². The van der Waals surface area contributed by atoms with Crippen LogP contribution in [0.15, 0.2) is 78.9 Å². The number of Topliss-reactive ketones (excluding diaryl/α,β-unsaturated/α-hetero) is 1. The average Bonchev–Trinajstić information content (AvgIpc) is 2.95. The zero-order valence-electron chi connectivity index (χ0n) is 14.4. The molecule has 3 aromatic carbocycles. The molecule has 0 fully saturated rings. The van der Waals surface area contributed by atoms with Gasteiger partial charge in [-0.05, 0) is 36.2 Å². The Morgan fingerprint density at radius 3 is 2.00 bits per heavy atom. The molecule has 4 rings (SSSR count). The smallest absolute Gasteiger partial charge is 0.159 e. The van der Waals surface area contributed by atoms with Gasteiger partial charge in [0.15, 0.2) is 5.78 Å². The van der Waals surface area contributed by atoms with Crippen molar-refractivity contribution in [1.29, 1.82) is 0 Å². The summed E-state index contributed by atoms with van der Waals surface area (Å²) in [6, 6.07) is 26.8. The third-order valence-electron chi connectivity index (χ3n) is 4.72. The SMILES string of the molecule is CC(=O)c1ccc2c(c1)c(-c1ccccc1)c(-c1ccccc1)n2C. The molecule has 4 aromatic rings. The van der Waals surface area contributed by atoms with Crippen molar-refractivity contribution in [2.24, 2.45) is 7.05 Å². The highest BCUT2D eigenvalue weighted by atomic mass is 16.1. The van der Waals surface area contributed by atoms with Crippen LogP contribution in [0.4, 0.5) is 0 Å². The summed E-state index contributed by atoms with van der Waals surface area (Å²) >= 11 is 0. The minimum absolute atomic E-state index is 0.0889. The summed E-state index contributed by atoms with van der Waals surface area (Å²) in [5, 5.41) is 1.11. The second-order valence-corrected chi connectivity index (χ2v) is 6.30. The van der Waals surface area contributed by atoms with Gasteiger partial charge in [-0.3, -0.25) is 4.79 Å². The standard InChI is InChI=1S/C23H19NO/c1-16(25)19-13-14-21-20(15-19)22(17-9-5-3-6-10-17)23(24(21)2)18-11-7-4-8-12-18/h3-15H,1-2H3. The molecule has 0 bridgehead atoms. The van der Waals surface area contributed by atoms with E-state index in [0.717, 1.165) is 22.0 Å². The van der Waals surface area contributed by atoms with E-state index >= 15 is 0 Å². The van der Waals surface area contributed by atoms with Crippen LogP contribution in [-0.2, 0) is 7.05 Å². The molecule has 0 saturated heterocycles. The van der Waals surface area contributed by atoms with Crippen molar-refractivity contribution in [2.75, 3.05) is 0 Å². The van der Waals surface area contributed by atoms with E-state index in [1.807, 2.05) is 30.3 Å². The second-order valence-electron chi connectivity index (χ2n) is 6.30. The molecule has 0 N–H and O–H groups in total. The molecule has 0 spiro atoms. The van der Waals surface area contributed by atoms with E-state index in [1.165, 1.54) is 16.8 Å². The van der Waals surface area contributed by atoms with Gasteiger partial charge in [0.2, 0.25) is 0 Å². The van der Waals surface area contributed by atoms with Crippen molar-refractivity contribution < 1.29 is 4.79 Å². The number of carbonyl (C=O) groups excluding carboxylic acids is 1. The Hall–Kier alpha value is -3.13. The molecule has 0 atom stereocenters. The molecule has 1 heterocycles. The number of hydrogen-bond donors (Lipinski definition) is 0. The van der Waals surface area contributed by atoms with E-state index in [9.17, 15) is 4.79 Å². The van der Waals surface area contributed by atoms with Crippen molar-refractivity contribution in [3.05, 3.63) is 84.4 Å². The minimum atomic E-state index is 0.0889. The van der Waals surface area contributed by atoms with Crippen LogP contribution in [0.1, 0.15) is 17.3 Å². The molecule has 2 heteroatoms. The summed E-state index contributed by atoms with van der Waals surface area (Å²) < 4.78 is 2.22. The highest BCUT2D eigenvalue weighted by Crippen LogP contribution is 2.40. The van der Waals surface area contributed by atoms with Crippen molar-refractivity contribution in [2.45, 2.75) is 6.92 Å². The molecule has 0 aliphatic rings. The third-order valence-corrected chi connectivity index (χ3v) is 4.72.